The summed E-state index contributed by atoms with van der Waals surface area (Å²) in [7, 11) is -3.80. The van der Waals surface area contributed by atoms with Gasteiger partial charge in [-0.15, -0.1) is 11.3 Å². The Morgan fingerprint density at radius 3 is 2.50 bits per heavy atom. The van der Waals surface area contributed by atoms with Gasteiger partial charge in [-0.2, -0.15) is 0 Å². The lowest BCUT2D eigenvalue weighted by Crippen LogP contribution is -2.22. The summed E-state index contributed by atoms with van der Waals surface area (Å²) in [6.07, 6.45) is 0.739. The Balaban J connectivity index is 2.94. The quantitative estimate of drug-likeness (QED) is 0.916. The number of imidazole rings is 1. The summed E-state index contributed by atoms with van der Waals surface area (Å²) >= 11 is 1.44. The molecule has 0 unspecified atom stereocenters. The van der Waals surface area contributed by atoms with Crippen LogP contribution in [0.1, 0.15) is 39.1 Å². The van der Waals surface area contributed by atoms with Crippen LogP contribution in [-0.2, 0) is 21.9 Å². The Labute approximate surface area is 111 Å². The summed E-state index contributed by atoms with van der Waals surface area (Å²) in [4.78, 5) is 5.12. The van der Waals surface area contributed by atoms with E-state index < -0.39 is 10.0 Å². The first-order valence-electron chi connectivity index (χ1n) is 5.68. The van der Waals surface area contributed by atoms with Crippen LogP contribution in [0.4, 0.5) is 0 Å². The van der Waals surface area contributed by atoms with Gasteiger partial charge in [0.2, 0.25) is 0 Å². The van der Waals surface area contributed by atoms with Crippen LogP contribution in [0.3, 0.4) is 0 Å². The number of rotatable bonds is 2. The Morgan fingerprint density at radius 2 is 2.06 bits per heavy atom. The first-order chi connectivity index (χ1) is 8.16. The fourth-order valence-electron chi connectivity index (χ4n) is 1.88. The number of thiazole rings is 1. The molecule has 2 rings (SSSR count). The predicted octanol–water partition coefficient (Wildman–Crippen LogP) is 1.90. The third-order valence-corrected chi connectivity index (χ3v) is 4.52. The SMILES string of the molecule is CCc1csc2nc(C(C)(C)C)c(S(N)(=O)=O)n12. The summed E-state index contributed by atoms with van der Waals surface area (Å²) in [5.74, 6) is 0. The highest BCUT2D eigenvalue weighted by Gasteiger charge is 2.31. The maximum absolute atomic E-state index is 11.9. The van der Waals surface area contributed by atoms with Crippen molar-refractivity contribution in [1.82, 2.24) is 9.38 Å². The van der Waals surface area contributed by atoms with Gasteiger partial charge in [-0.1, -0.05) is 27.7 Å². The highest BCUT2D eigenvalue weighted by atomic mass is 32.2. The second-order valence-electron chi connectivity index (χ2n) is 5.26. The van der Waals surface area contributed by atoms with Crippen LogP contribution in [0, 0.1) is 0 Å². The van der Waals surface area contributed by atoms with Crippen LogP contribution in [0.2, 0.25) is 0 Å². The molecule has 0 atom stereocenters. The standard InChI is InChI=1S/C11H17N3O2S2/c1-5-7-6-17-10-13-8(11(2,3)4)9(14(7)10)18(12,15)16/h6H,5H2,1-4H3,(H2,12,15,16). The molecule has 100 valence electrons. The first kappa shape index (κ1) is 13.5. The number of hydrogen-bond donors (Lipinski definition) is 1. The third-order valence-electron chi connectivity index (χ3n) is 2.73. The molecular weight excluding hydrogens is 270 g/mol. The van der Waals surface area contributed by atoms with Crippen molar-refractivity contribution in [3.05, 3.63) is 16.8 Å². The Bertz CT molecular complexity index is 690. The fourth-order valence-corrected chi connectivity index (χ4v) is 3.99. The molecule has 0 radical (unpaired) electrons. The smallest absolute Gasteiger partial charge is 0.256 e. The van der Waals surface area contributed by atoms with Gasteiger partial charge in [0.05, 0.1) is 5.69 Å². The molecule has 5 nitrogen and oxygen atoms in total. The Hall–Kier alpha value is -0.920. The molecule has 0 spiro atoms. The largest absolute Gasteiger partial charge is 0.277 e. The molecule has 2 aromatic heterocycles. The van der Waals surface area contributed by atoms with Gasteiger partial charge in [-0.05, 0) is 6.42 Å². The van der Waals surface area contributed by atoms with Crippen molar-refractivity contribution in [2.75, 3.05) is 0 Å². The third kappa shape index (κ3) is 2.06. The summed E-state index contributed by atoms with van der Waals surface area (Å²) in [6.45, 7) is 7.77. The van der Waals surface area contributed by atoms with Gasteiger partial charge in [-0.3, -0.25) is 4.40 Å². The van der Waals surface area contributed by atoms with E-state index in [0.29, 0.717) is 10.7 Å². The van der Waals surface area contributed by atoms with E-state index in [2.05, 4.69) is 4.98 Å². The molecule has 0 bridgehead atoms. The van der Waals surface area contributed by atoms with E-state index in [1.807, 2.05) is 33.1 Å². The molecule has 2 heterocycles. The summed E-state index contributed by atoms with van der Waals surface area (Å²) in [5, 5.41) is 7.41. The van der Waals surface area contributed by atoms with Crippen LogP contribution in [0.15, 0.2) is 10.4 Å². The Kier molecular flexibility index (Phi) is 3.03. The predicted molar refractivity (Wildman–Crippen MR) is 72.5 cm³/mol. The first-order valence-corrected chi connectivity index (χ1v) is 8.11. The number of sulfonamides is 1. The molecule has 7 heteroatoms. The van der Waals surface area contributed by atoms with E-state index in [4.69, 9.17) is 5.14 Å². The van der Waals surface area contributed by atoms with Gasteiger partial charge in [0.1, 0.15) is 0 Å². The van der Waals surface area contributed by atoms with Gasteiger partial charge in [0.25, 0.3) is 10.0 Å². The van der Waals surface area contributed by atoms with Crippen molar-refractivity contribution in [2.24, 2.45) is 5.14 Å². The lowest BCUT2D eigenvalue weighted by molar-refractivity contribution is 0.542. The molecule has 2 aromatic rings. The zero-order chi connectivity index (χ0) is 13.7. The normalized spacial score (nSPS) is 13.4. The van der Waals surface area contributed by atoms with E-state index in [1.54, 1.807) is 4.40 Å². The molecular formula is C11H17N3O2S2. The maximum Gasteiger partial charge on any atom is 0.256 e. The van der Waals surface area contributed by atoms with Crippen LogP contribution in [-0.4, -0.2) is 17.8 Å². The summed E-state index contributed by atoms with van der Waals surface area (Å²) in [6, 6.07) is 0. The topological polar surface area (TPSA) is 77.5 Å². The van der Waals surface area contributed by atoms with Crippen molar-refractivity contribution in [3.63, 3.8) is 0 Å². The van der Waals surface area contributed by atoms with Gasteiger partial charge in [0, 0.05) is 16.5 Å². The molecule has 0 aromatic carbocycles. The molecule has 0 amide bonds. The van der Waals surface area contributed by atoms with Crippen LogP contribution >= 0.6 is 11.3 Å². The lowest BCUT2D eigenvalue weighted by Gasteiger charge is -2.17. The second-order valence-corrected chi connectivity index (χ2v) is 7.57. The van der Waals surface area contributed by atoms with Crippen LogP contribution in [0.5, 0.6) is 0 Å². The van der Waals surface area contributed by atoms with E-state index in [9.17, 15) is 8.42 Å². The Morgan fingerprint density at radius 1 is 1.44 bits per heavy atom. The van der Waals surface area contributed by atoms with Crippen molar-refractivity contribution in [2.45, 2.75) is 44.6 Å². The number of hydrogen-bond acceptors (Lipinski definition) is 4. The van der Waals surface area contributed by atoms with E-state index in [-0.39, 0.29) is 10.4 Å². The number of aromatic nitrogens is 2. The van der Waals surface area contributed by atoms with Gasteiger partial charge in [-0.25, -0.2) is 18.5 Å². The highest BCUT2D eigenvalue weighted by Crippen LogP contribution is 2.31. The van der Waals surface area contributed by atoms with Crippen molar-refractivity contribution in [1.29, 1.82) is 0 Å². The molecule has 0 fully saturated rings. The summed E-state index contributed by atoms with van der Waals surface area (Å²) < 4.78 is 25.4. The minimum Gasteiger partial charge on any atom is -0.277 e. The lowest BCUT2D eigenvalue weighted by atomic mass is 9.93. The minimum absolute atomic E-state index is 0.128. The van der Waals surface area contributed by atoms with Crippen molar-refractivity contribution >= 4 is 26.3 Å². The number of fused-ring (bicyclic) bond motifs is 1. The molecule has 0 aliphatic carbocycles. The maximum atomic E-state index is 11.9. The highest BCUT2D eigenvalue weighted by molar-refractivity contribution is 7.89. The van der Waals surface area contributed by atoms with Crippen LogP contribution < -0.4 is 5.14 Å². The molecule has 0 aliphatic heterocycles. The summed E-state index contributed by atoms with van der Waals surface area (Å²) in [5.41, 5.74) is 1.09. The average molecular weight is 287 g/mol. The molecule has 0 saturated heterocycles. The number of nitrogens with zero attached hydrogens (tertiary/aromatic N) is 2. The van der Waals surface area contributed by atoms with Crippen molar-refractivity contribution < 1.29 is 8.42 Å². The van der Waals surface area contributed by atoms with Gasteiger partial charge >= 0.3 is 0 Å². The van der Waals surface area contributed by atoms with Crippen LogP contribution in [0.25, 0.3) is 4.96 Å². The second kappa shape index (κ2) is 4.04. The average Bonchev–Trinajstić information content (AvgIpc) is 2.70. The van der Waals surface area contributed by atoms with Gasteiger partial charge < -0.3 is 0 Å². The zero-order valence-corrected chi connectivity index (χ0v) is 12.5. The van der Waals surface area contributed by atoms with E-state index >= 15 is 0 Å². The molecule has 18 heavy (non-hydrogen) atoms. The van der Waals surface area contributed by atoms with Gasteiger partial charge in [0.15, 0.2) is 9.99 Å². The number of aryl methyl sites for hydroxylation is 1. The number of nitrogens with two attached hydrogens (primary N) is 1. The molecule has 2 N–H and O–H groups in total. The zero-order valence-electron chi connectivity index (χ0n) is 10.9. The molecule has 0 aliphatic rings. The van der Waals surface area contributed by atoms with E-state index in [1.165, 1.54) is 11.3 Å². The molecule has 0 saturated carbocycles. The monoisotopic (exact) mass is 287 g/mol. The van der Waals surface area contributed by atoms with E-state index in [0.717, 1.165) is 12.1 Å². The fraction of sp³-hybridized carbons (Fsp3) is 0.545. The minimum atomic E-state index is -3.80. The number of primary sulfonamides is 1. The van der Waals surface area contributed by atoms with Crippen molar-refractivity contribution in [3.8, 4) is 0 Å².